The van der Waals surface area contributed by atoms with Crippen LogP contribution >= 0.6 is 0 Å². The summed E-state index contributed by atoms with van der Waals surface area (Å²) in [5.74, 6) is -0.619. The SMILES string of the molecule is CC/C=C(\C=NC)c1ccc(NC(=O)Cc2cc(C)cc3c2C(=O)N(C)C3=O)nc1. The van der Waals surface area contributed by atoms with Gasteiger partial charge in [0.25, 0.3) is 11.8 Å². The molecule has 1 aliphatic rings. The van der Waals surface area contributed by atoms with Gasteiger partial charge >= 0.3 is 0 Å². The van der Waals surface area contributed by atoms with Gasteiger partial charge in [-0.1, -0.05) is 19.1 Å². The number of benzene rings is 1. The molecule has 7 heteroatoms. The first-order valence-electron chi connectivity index (χ1n) is 9.70. The summed E-state index contributed by atoms with van der Waals surface area (Å²) in [4.78, 5) is 46.7. The van der Waals surface area contributed by atoms with E-state index in [1.807, 2.05) is 19.9 Å². The number of allylic oxidation sites excluding steroid dienone is 2. The van der Waals surface area contributed by atoms with E-state index in [4.69, 9.17) is 0 Å². The second-order valence-corrected chi connectivity index (χ2v) is 7.13. The van der Waals surface area contributed by atoms with Gasteiger partial charge in [0.15, 0.2) is 0 Å². The van der Waals surface area contributed by atoms with E-state index < -0.39 is 0 Å². The van der Waals surface area contributed by atoms with Gasteiger partial charge < -0.3 is 5.32 Å². The summed E-state index contributed by atoms with van der Waals surface area (Å²) >= 11 is 0. The molecule has 0 fully saturated rings. The molecule has 0 radical (unpaired) electrons. The largest absolute Gasteiger partial charge is 0.310 e. The number of amides is 3. The van der Waals surface area contributed by atoms with Crippen molar-refractivity contribution < 1.29 is 14.4 Å². The molecule has 2 heterocycles. The zero-order valence-corrected chi connectivity index (χ0v) is 17.5. The molecular weight excluding hydrogens is 380 g/mol. The number of hydrogen-bond acceptors (Lipinski definition) is 5. The predicted octanol–water partition coefficient (Wildman–Crippen LogP) is 3.29. The molecule has 0 aliphatic carbocycles. The van der Waals surface area contributed by atoms with Crippen LogP contribution in [0.3, 0.4) is 0 Å². The summed E-state index contributed by atoms with van der Waals surface area (Å²) in [7, 11) is 3.16. The zero-order valence-electron chi connectivity index (χ0n) is 17.5. The van der Waals surface area contributed by atoms with Gasteiger partial charge in [0.1, 0.15) is 5.82 Å². The highest BCUT2D eigenvalue weighted by Gasteiger charge is 2.35. The highest BCUT2D eigenvalue weighted by molar-refractivity contribution is 6.22. The molecule has 1 aliphatic heterocycles. The number of anilines is 1. The Morgan fingerprint density at radius 1 is 1.23 bits per heavy atom. The lowest BCUT2D eigenvalue weighted by Crippen LogP contribution is -2.24. The summed E-state index contributed by atoms with van der Waals surface area (Å²) in [6.07, 6.45) is 6.35. The van der Waals surface area contributed by atoms with Crippen LogP contribution in [0.4, 0.5) is 5.82 Å². The fourth-order valence-electron chi connectivity index (χ4n) is 3.47. The van der Waals surface area contributed by atoms with Gasteiger partial charge in [-0.3, -0.25) is 24.3 Å². The molecule has 1 aromatic heterocycles. The molecule has 30 heavy (non-hydrogen) atoms. The van der Waals surface area contributed by atoms with Crippen molar-refractivity contribution in [2.45, 2.75) is 26.7 Å². The first kappa shape index (κ1) is 21.1. The van der Waals surface area contributed by atoms with E-state index in [9.17, 15) is 14.4 Å². The zero-order chi connectivity index (χ0) is 21.8. The van der Waals surface area contributed by atoms with Crippen LogP contribution < -0.4 is 5.32 Å². The van der Waals surface area contributed by atoms with Crippen molar-refractivity contribution in [3.63, 3.8) is 0 Å². The Bertz CT molecular complexity index is 1070. The fourth-order valence-corrected chi connectivity index (χ4v) is 3.47. The number of nitrogens with zero attached hydrogens (tertiary/aromatic N) is 3. The molecule has 0 bridgehead atoms. The van der Waals surface area contributed by atoms with E-state index in [0.29, 0.717) is 22.5 Å². The number of aromatic nitrogens is 1. The van der Waals surface area contributed by atoms with E-state index in [2.05, 4.69) is 21.4 Å². The Morgan fingerprint density at radius 2 is 2.00 bits per heavy atom. The maximum Gasteiger partial charge on any atom is 0.261 e. The number of imide groups is 1. The van der Waals surface area contributed by atoms with Crippen molar-refractivity contribution in [2.24, 2.45) is 4.99 Å². The predicted molar refractivity (Wildman–Crippen MR) is 117 cm³/mol. The van der Waals surface area contributed by atoms with E-state index in [-0.39, 0.29) is 24.1 Å². The van der Waals surface area contributed by atoms with E-state index >= 15 is 0 Å². The molecule has 3 amide bonds. The number of aryl methyl sites for hydroxylation is 1. The van der Waals surface area contributed by atoms with Crippen LogP contribution in [0.2, 0.25) is 0 Å². The molecule has 1 N–H and O–H groups in total. The topological polar surface area (TPSA) is 91.7 Å². The Kier molecular flexibility index (Phi) is 6.20. The van der Waals surface area contributed by atoms with Gasteiger partial charge in [-0.2, -0.15) is 0 Å². The van der Waals surface area contributed by atoms with Gasteiger partial charge in [-0.15, -0.1) is 0 Å². The van der Waals surface area contributed by atoms with Crippen LogP contribution in [0.15, 0.2) is 41.5 Å². The molecular formula is C23H24N4O3. The third kappa shape index (κ3) is 4.20. The highest BCUT2D eigenvalue weighted by atomic mass is 16.2. The third-order valence-corrected chi connectivity index (χ3v) is 4.83. The van der Waals surface area contributed by atoms with Crippen molar-refractivity contribution in [3.8, 4) is 0 Å². The number of rotatable bonds is 6. The molecule has 3 rings (SSSR count). The average molecular weight is 404 g/mol. The summed E-state index contributed by atoms with van der Waals surface area (Å²) in [5.41, 5.74) is 3.88. The molecule has 2 aromatic rings. The first-order valence-corrected chi connectivity index (χ1v) is 9.70. The van der Waals surface area contributed by atoms with E-state index in [1.54, 1.807) is 37.7 Å². The lowest BCUT2D eigenvalue weighted by Gasteiger charge is -2.09. The molecule has 0 saturated carbocycles. The first-order chi connectivity index (χ1) is 14.3. The molecule has 0 spiro atoms. The van der Waals surface area contributed by atoms with Crippen LogP contribution in [0.25, 0.3) is 5.57 Å². The van der Waals surface area contributed by atoms with Crippen molar-refractivity contribution in [2.75, 3.05) is 19.4 Å². The van der Waals surface area contributed by atoms with Gasteiger partial charge in [-0.25, -0.2) is 4.98 Å². The van der Waals surface area contributed by atoms with Crippen LogP contribution in [0.5, 0.6) is 0 Å². The Morgan fingerprint density at radius 3 is 2.63 bits per heavy atom. The van der Waals surface area contributed by atoms with E-state index in [1.165, 1.54) is 7.05 Å². The third-order valence-electron chi connectivity index (χ3n) is 4.83. The number of hydrogen-bond donors (Lipinski definition) is 1. The fraction of sp³-hybridized carbons (Fsp3) is 0.261. The summed E-state index contributed by atoms with van der Waals surface area (Å²) < 4.78 is 0. The number of aliphatic imine (C=N–C) groups is 1. The number of nitrogens with one attached hydrogen (secondary N) is 1. The summed E-state index contributed by atoms with van der Waals surface area (Å²) in [5, 5.41) is 2.76. The minimum absolute atomic E-state index is 0.0240. The number of pyridine rings is 1. The summed E-state index contributed by atoms with van der Waals surface area (Å²) in [6, 6.07) is 7.05. The van der Waals surface area contributed by atoms with Gasteiger partial charge in [-0.05, 0) is 48.2 Å². The monoisotopic (exact) mass is 404 g/mol. The second-order valence-electron chi connectivity index (χ2n) is 7.13. The summed E-state index contributed by atoms with van der Waals surface area (Å²) in [6.45, 7) is 3.88. The number of carbonyl (C=O) groups excluding carboxylic acids is 3. The highest BCUT2D eigenvalue weighted by Crippen LogP contribution is 2.27. The molecule has 0 saturated heterocycles. The molecule has 0 unspecified atom stereocenters. The van der Waals surface area contributed by atoms with Crippen molar-refractivity contribution >= 4 is 35.3 Å². The van der Waals surface area contributed by atoms with Crippen LogP contribution in [0.1, 0.15) is 50.8 Å². The smallest absolute Gasteiger partial charge is 0.261 e. The molecule has 154 valence electrons. The minimum Gasteiger partial charge on any atom is -0.310 e. The van der Waals surface area contributed by atoms with Crippen LogP contribution in [0, 0.1) is 6.92 Å². The maximum absolute atomic E-state index is 12.6. The lowest BCUT2D eigenvalue weighted by atomic mass is 9.97. The second kappa shape index (κ2) is 8.82. The van der Waals surface area contributed by atoms with Crippen LogP contribution in [-0.4, -0.2) is 47.9 Å². The average Bonchev–Trinajstić information content (AvgIpc) is 2.92. The van der Waals surface area contributed by atoms with Crippen molar-refractivity contribution in [3.05, 3.63) is 64.4 Å². The van der Waals surface area contributed by atoms with Gasteiger partial charge in [0.2, 0.25) is 5.91 Å². The Labute approximate surface area is 175 Å². The quantitative estimate of drug-likeness (QED) is 0.591. The normalized spacial score (nSPS) is 13.9. The number of fused-ring (bicyclic) bond motifs is 1. The minimum atomic E-state index is -0.381. The van der Waals surface area contributed by atoms with Gasteiger partial charge in [0, 0.05) is 32.1 Å². The van der Waals surface area contributed by atoms with Crippen LogP contribution in [-0.2, 0) is 11.2 Å². The number of carbonyl (C=O) groups is 3. The van der Waals surface area contributed by atoms with Crippen molar-refractivity contribution in [1.82, 2.24) is 9.88 Å². The van der Waals surface area contributed by atoms with Crippen molar-refractivity contribution in [1.29, 1.82) is 0 Å². The molecule has 1 aromatic carbocycles. The lowest BCUT2D eigenvalue weighted by molar-refractivity contribution is -0.115. The molecule has 7 nitrogen and oxygen atoms in total. The maximum atomic E-state index is 12.6. The Balaban J connectivity index is 1.78. The standard InChI is InChI=1S/C23H24N4O3/c1-5-6-15(12-24-3)16-7-8-19(25-13-16)26-20(28)11-17-9-14(2)10-18-21(17)23(30)27(4)22(18)29/h6-10,12-13H,5,11H2,1-4H3,(H,25,26,28)/b15-6+,24-12?. The van der Waals surface area contributed by atoms with E-state index in [0.717, 1.165) is 28.0 Å². The van der Waals surface area contributed by atoms with Gasteiger partial charge in [0.05, 0.1) is 17.5 Å². The molecule has 0 atom stereocenters. The Hall–Kier alpha value is -3.61.